The minimum absolute atomic E-state index is 0.419. The van der Waals surface area contributed by atoms with Crippen molar-refractivity contribution in [3.05, 3.63) is 11.6 Å². The van der Waals surface area contributed by atoms with Crippen LogP contribution in [0.3, 0.4) is 0 Å². The Labute approximate surface area is 62.0 Å². The van der Waals surface area contributed by atoms with Gasteiger partial charge < -0.3 is 5.73 Å². The van der Waals surface area contributed by atoms with Crippen molar-refractivity contribution in [3.63, 3.8) is 0 Å². The lowest BCUT2D eigenvalue weighted by atomic mass is 10.3. The molecule has 0 aliphatic heterocycles. The molecule has 2 aromatic heterocycles. The summed E-state index contributed by atoms with van der Waals surface area (Å²) in [5.41, 5.74) is 7.01. The maximum absolute atomic E-state index is 5.46. The molecule has 6 nitrogen and oxygen atoms in total. The zero-order chi connectivity index (χ0) is 7.84. The Morgan fingerprint density at radius 2 is 2.36 bits per heavy atom. The van der Waals surface area contributed by atoms with Gasteiger partial charge in [0.1, 0.15) is 5.82 Å². The van der Waals surface area contributed by atoms with Gasteiger partial charge in [0.05, 0.1) is 0 Å². The van der Waals surface area contributed by atoms with E-state index in [-0.39, 0.29) is 0 Å². The lowest BCUT2D eigenvalue weighted by Gasteiger charge is -1.94. The zero-order valence-electron chi connectivity index (χ0n) is 5.89. The van der Waals surface area contributed by atoms with Crippen molar-refractivity contribution >= 4 is 11.5 Å². The van der Waals surface area contributed by atoms with Crippen molar-refractivity contribution in [3.8, 4) is 0 Å². The van der Waals surface area contributed by atoms with E-state index in [2.05, 4.69) is 20.6 Å². The molecule has 0 aromatic carbocycles. The molecule has 2 rings (SSSR count). The fourth-order valence-corrected chi connectivity index (χ4v) is 0.911. The number of anilines is 1. The number of hydrogen-bond acceptors (Lipinski definition) is 5. The first-order valence-electron chi connectivity index (χ1n) is 3.09. The first kappa shape index (κ1) is 6.02. The molecule has 0 bridgehead atoms. The second kappa shape index (κ2) is 1.88. The highest BCUT2D eigenvalue weighted by atomic mass is 15.6. The minimum atomic E-state index is 0.419. The number of nitrogen functional groups attached to an aromatic ring is 1. The zero-order valence-corrected chi connectivity index (χ0v) is 5.89. The molecule has 11 heavy (non-hydrogen) atoms. The third kappa shape index (κ3) is 0.794. The SMILES string of the molecule is Cc1cc(N)nn2nnnc12. The molecule has 0 radical (unpaired) electrons. The largest absolute Gasteiger partial charge is 0.382 e. The van der Waals surface area contributed by atoms with Gasteiger partial charge in [-0.1, -0.05) is 0 Å². The van der Waals surface area contributed by atoms with E-state index in [1.165, 1.54) is 4.63 Å². The first-order valence-corrected chi connectivity index (χ1v) is 3.09. The number of nitrogens with two attached hydrogens (primary N) is 1. The molecule has 0 spiro atoms. The minimum Gasteiger partial charge on any atom is -0.382 e. The predicted octanol–water partition coefficient (Wildman–Crippen LogP) is -0.590. The molecule has 6 heteroatoms. The van der Waals surface area contributed by atoms with Gasteiger partial charge in [0.15, 0.2) is 0 Å². The average Bonchev–Trinajstić information content (AvgIpc) is 2.34. The summed E-state index contributed by atoms with van der Waals surface area (Å²) >= 11 is 0. The van der Waals surface area contributed by atoms with Crippen molar-refractivity contribution in [2.45, 2.75) is 6.92 Å². The van der Waals surface area contributed by atoms with Gasteiger partial charge in [-0.15, -0.1) is 14.8 Å². The van der Waals surface area contributed by atoms with E-state index in [9.17, 15) is 0 Å². The predicted molar refractivity (Wildman–Crippen MR) is 37.7 cm³/mol. The Balaban J connectivity index is 2.91. The van der Waals surface area contributed by atoms with Crippen LogP contribution in [0.1, 0.15) is 5.56 Å². The highest BCUT2D eigenvalue weighted by Gasteiger charge is 2.01. The molecule has 0 amide bonds. The van der Waals surface area contributed by atoms with Gasteiger partial charge in [-0.3, -0.25) is 0 Å². The van der Waals surface area contributed by atoms with Crippen LogP contribution in [0.4, 0.5) is 5.82 Å². The fourth-order valence-electron chi connectivity index (χ4n) is 0.911. The van der Waals surface area contributed by atoms with Crippen molar-refractivity contribution in [2.75, 3.05) is 5.73 Å². The average molecular weight is 150 g/mol. The third-order valence-corrected chi connectivity index (χ3v) is 1.38. The van der Waals surface area contributed by atoms with Gasteiger partial charge in [-0.05, 0) is 23.4 Å². The molecule has 2 heterocycles. The normalized spacial score (nSPS) is 10.6. The molecule has 0 aliphatic carbocycles. The second-order valence-corrected chi connectivity index (χ2v) is 2.24. The van der Waals surface area contributed by atoms with Gasteiger partial charge in [-0.2, -0.15) is 0 Å². The van der Waals surface area contributed by atoms with Crippen LogP contribution in [0.5, 0.6) is 0 Å². The highest BCUT2D eigenvalue weighted by Crippen LogP contribution is 2.05. The molecule has 0 atom stereocenters. The molecular weight excluding hydrogens is 144 g/mol. The van der Waals surface area contributed by atoms with Crippen LogP contribution in [0.25, 0.3) is 5.65 Å². The summed E-state index contributed by atoms with van der Waals surface area (Å²) in [6, 6.07) is 1.73. The van der Waals surface area contributed by atoms with Crippen molar-refractivity contribution in [1.82, 2.24) is 25.3 Å². The van der Waals surface area contributed by atoms with Gasteiger partial charge in [0, 0.05) is 5.56 Å². The van der Waals surface area contributed by atoms with E-state index in [1.807, 2.05) is 6.92 Å². The number of rotatable bonds is 0. The van der Waals surface area contributed by atoms with Crippen LogP contribution in [0.2, 0.25) is 0 Å². The van der Waals surface area contributed by atoms with Gasteiger partial charge >= 0.3 is 0 Å². The molecular formula is C5H6N6. The van der Waals surface area contributed by atoms with E-state index < -0.39 is 0 Å². The van der Waals surface area contributed by atoms with Crippen LogP contribution in [0, 0.1) is 6.92 Å². The summed E-state index contributed by atoms with van der Waals surface area (Å²) in [5.74, 6) is 0.419. The van der Waals surface area contributed by atoms with E-state index in [1.54, 1.807) is 6.07 Å². The van der Waals surface area contributed by atoms with Gasteiger partial charge in [-0.25, -0.2) is 0 Å². The highest BCUT2D eigenvalue weighted by molar-refractivity contribution is 5.47. The Morgan fingerprint density at radius 3 is 3.18 bits per heavy atom. The second-order valence-electron chi connectivity index (χ2n) is 2.24. The maximum atomic E-state index is 5.46. The topological polar surface area (TPSA) is 82.0 Å². The van der Waals surface area contributed by atoms with Crippen LogP contribution in [-0.4, -0.2) is 25.3 Å². The Kier molecular flexibility index (Phi) is 1.03. The van der Waals surface area contributed by atoms with E-state index >= 15 is 0 Å². The Morgan fingerprint density at radius 1 is 1.55 bits per heavy atom. The lowest BCUT2D eigenvalue weighted by molar-refractivity contribution is 0.736. The molecule has 56 valence electrons. The fraction of sp³-hybridized carbons (Fsp3) is 0.200. The number of nitrogens with zero attached hydrogens (tertiary/aromatic N) is 5. The number of aryl methyl sites for hydroxylation is 1. The number of hydrogen-bond donors (Lipinski definition) is 1. The molecule has 0 saturated carbocycles. The summed E-state index contributed by atoms with van der Waals surface area (Å²) < 4.78 is 1.31. The molecule has 0 fully saturated rings. The van der Waals surface area contributed by atoms with E-state index in [4.69, 9.17) is 5.73 Å². The van der Waals surface area contributed by atoms with Gasteiger partial charge in [0.2, 0.25) is 5.65 Å². The van der Waals surface area contributed by atoms with Crippen LogP contribution in [-0.2, 0) is 0 Å². The summed E-state index contributed by atoms with van der Waals surface area (Å²) in [7, 11) is 0. The number of aromatic nitrogens is 5. The Hall–Kier alpha value is -1.72. The standard InChI is InChI=1S/C5H6N6/c1-3-2-4(6)8-11-5(3)7-9-10-11/h2H,1H3,(H2,6,8). The third-order valence-electron chi connectivity index (χ3n) is 1.38. The summed E-state index contributed by atoms with van der Waals surface area (Å²) in [6.07, 6.45) is 0. The van der Waals surface area contributed by atoms with Crippen LogP contribution in [0.15, 0.2) is 6.07 Å². The van der Waals surface area contributed by atoms with Crippen molar-refractivity contribution < 1.29 is 0 Å². The summed E-state index contributed by atoms with van der Waals surface area (Å²) in [6.45, 7) is 1.88. The van der Waals surface area contributed by atoms with E-state index in [0.29, 0.717) is 11.5 Å². The monoisotopic (exact) mass is 150 g/mol. The van der Waals surface area contributed by atoms with Crippen molar-refractivity contribution in [1.29, 1.82) is 0 Å². The maximum Gasteiger partial charge on any atom is 0.203 e. The summed E-state index contributed by atoms with van der Waals surface area (Å²) in [5, 5.41) is 14.7. The molecule has 0 saturated heterocycles. The lowest BCUT2D eigenvalue weighted by Crippen LogP contribution is -2.00. The molecule has 2 aromatic rings. The van der Waals surface area contributed by atoms with Gasteiger partial charge in [0.25, 0.3) is 0 Å². The Bertz CT molecular complexity index is 391. The van der Waals surface area contributed by atoms with Crippen LogP contribution < -0.4 is 5.73 Å². The molecule has 0 aliphatic rings. The summed E-state index contributed by atoms with van der Waals surface area (Å²) in [4.78, 5) is 0. The number of fused-ring (bicyclic) bond motifs is 1. The molecule has 2 N–H and O–H groups in total. The molecule has 0 unspecified atom stereocenters. The smallest absolute Gasteiger partial charge is 0.203 e. The van der Waals surface area contributed by atoms with Crippen molar-refractivity contribution in [2.24, 2.45) is 0 Å². The number of tetrazole rings is 1. The van der Waals surface area contributed by atoms with E-state index in [0.717, 1.165) is 5.56 Å². The quantitative estimate of drug-likeness (QED) is 0.542. The first-order chi connectivity index (χ1) is 5.27. The van der Waals surface area contributed by atoms with Crippen LogP contribution >= 0.6 is 0 Å².